The zero-order chi connectivity index (χ0) is 14.9. The van der Waals surface area contributed by atoms with Gasteiger partial charge in [-0.3, -0.25) is 0 Å². The maximum absolute atomic E-state index is 11.0. The average Bonchev–Trinajstić information content (AvgIpc) is 3.11. The molecule has 0 aliphatic heterocycles. The molecule has 1 atom stereocenters. The first kappa shape index (κ1) is 14.8. The first-order valence-corrected chi connectivity index (χ1v) is 8.79. The van der Waals surface area contributed by atoms with Crippen molar-refractivity contribution in [2.75, 3.05) is 0 Å². The number of thiophene rings is 2. The van der Waals surface area contributed by atoms with Crippen molar-refractivity contribution in [3.8, 4) is 9.75 Å². The maximum Gasteiger partial charge on any atom is 0.0923 e. The summed E-state index contributed by atoms with van der Waals surface area (Å²) in [6.45, 7) is 1.86. The van der Waals surface area contributed by atoms with E-state index in [-0.39, 0.29) is 0 Å². The van der Waals surface area contributed by atoms with E-state index in [2.05, 4.69) is 11.4 Å². The summed E-state index contributed by atoms with van der Waals surface area (Å²) in [5.41, 5.74) is 0.993. The highest BCUT2D eigenvalue weighted by atomic mass is 35.5. The highest BCUT2D eigenvalue weighted by Gasteiger charge is 2.28. The monoisotopic (exact) mass is 334 g/mol. The molecule has 3 aromatic rings. The molecular weight excluding hydrogens is 320 g/mol. The molecule has 0 aliphatic rings. The van der Waals surface area contributed by atoms with Gasteiger partial charge in [0.1, 0.15) is 0 Å². The highest BCUT2D eigenvalue weighted by Crippen LogP contribution is 2.40. The molecule has 1 unspecified atom stereocenters. The van der Waals surface area contributed by atoms with Crippen LogP contribution in [0.3, 0.4) is 0 Å². The zero-order valence-corrected chi connectivity index (χ0v) is 13.9. The van der Waals surface area contributed by atoms with Crippen molar-refractivity contribution in [2.24, 2.45) is 0 Å². The third-order valence-electron chi connectivity index (χ3n) is 3.48. The number of rotatable bonds is 4. The lowest BCUT2D eigenvalue weighted by atomic mass is 9.89. The molecule has 2 aromatic heterocycles. The Kier molecular flexibility index (Phi) is 4.18. The smallest absolute Gasteiger partial charge is 0.0923 e. The molecule has 0 saturated heterocycles. The van der Waals surface area contributed by atoms with Gasteiger partial charge in [0.15, 0.2) is 0 Å². The number of hydrogen-bond donors (Lipinski definition) is 1. The predicted octanol–water partition coefficient (Wildman–Crippen LogP) is 5.58. The number of benzene rings is 1. The summed E-state index contributed by atoms with van der Waals surface area (Å²) >= 11 is 9.58. The average molecular weight is 335 g/mol. The van der Waals surface area contributed by atoms with E-state index < -0.39 is 5.60 Å². The molecule has 1 aromatic carbocycles. The van der Waals surface area contributed by atoms with Crippen molar-refractivity contribution >= 4 is 34.3 Å². The van der Waals surface area contributed by atoms with Crippen molar-refractivity contribution in [2.45, 2.75) is 18.9 Å². The van der Waals surface area contributed by atoms with Crippen LogP contribution in [0.1, 0.15) is 18.1 Å². The van der Waals surface area contributed by atoms with Crippen LogP contribution in [0, 0.1) is 0 Å². The van der Waals surface area contributed by atoms with E-state index in [4.69, 9.17) is 11.6 Å². The molecule has 0 amide bonds. The Morgan fingerprint density at radius 3 is 2.57 bits per heavy atom. The third kappa shape index (κ3) is 3.06. The number of hydrogen-bond acceptors (Lipinski definition) is 3. The van der Waals surface area contributed by atoms with Crippen molar-refractivity contribution in [1.82, 2.24) is 0 Å². The fourth-order valence-electron chi connectivity index (χ4n) is 2.44. The summed E-state index contributed by atoms with van der Waals surface area (Å²) in [5.74, 6) is 0. The van der Waals surface area contributed by atoms with Crippen LogP contribution >= 0.6 is 34.3 Å². The summed E-state index contributed by atoms with van der Waals surface area (Å²) < 4.78 is 0. The highest BCUT2D eigenvalue weighted by molar-refractivity contribution is 7.20. The number of aliphatic hydroxyl groups is 1. The molecule has 0 aliphatic carbocycles. The molecule has 108 valence electrons. The van der Waals surface area contributed by atoms with Gasteiger partial charge in [0.25, 0.3) is 0 Å². The summed E-state index contributed by atoms with van der Waals surface area (Å²) in [6.07, 6.45) is 0.502. The Labute approximate surface area is 137 Å². The van der Waals surface area contributed by atoms with E-state index in [1.54, 1.807) is 22.7 Å². The maximum atomic E-state index is 11.0. The van der Waals surface area contributed by atoms with Gasteiger partial charge >= 0.3 is 0 Å². The van der Waals surface area contributed by atoms with Crippen LogP contribution in [0.15, 0.2) is 53.2 Å². The van der Waals surface area contributed by atoms with Gasteiger partial charge in [-0.2, -0.15) is 0 Å². The molecule has 0 fully saturated rings. The SMILES string of the molecule is CC(O)(Cc1ccccc1Cl)c1ccsc1-c1cccs1. The van der Waals surface area contributed by atoms with Crippen molar-refractivity contribution in [3.63, 3.8) is 0 Å². The molecule has 0 spiro atoms. The number of halogens is 1. The van der Waals surface area contributed by atoms with E-state index in [9.17, 15) is 5.11 Å². The third-order valence-corrected chi connectivity index (χ3v) is 5.82. The van der Waals surface area contributed by atoms with Crippen LogP contribution in [-0.4, -0.2) is 5.11 Å². The molecule has 0 saturated carbocycles. The molecule has 3 rings (SSSR count). The van der Waals surface area contributed by atoms with Gasteiger partial charge < -0.3 is 5.11 Å². The Morgan fingerprint density at radius 1 is 1.05 bits per heavy atom. The van der Waals surface area contributed by atoms with Crippen LogP contribution < -0.4 is 0 Å². The second-order valence-electron chi connectivity index (χ2n) is 5.18. The van der Waals surface area contributed by atoms with Gasteiger partial charge in [0, 0.05) is 21.9 Å². The standard InChI is InChI=1S/C17H15ClOS2/c1-17(19,11-12-5-2-3-6-14(12)18)13-8-10-21-16(13)15-7-4-9-20-15/h2-10,19H,11H2,1H3. The van der Waals surface area contributed by atoms with Gasteiger partial charge in [-0.1, -0.05) is 35.9 Å². The summed E-state index contributed by atoms with van der Waals surface area (Å²) in [7, 11) is 0. The van der Waals surface area contributed by atoms with Crippen LogP contribution in [0.2, 0.25) is 5.02 Å². The molecule has 1 N–H and O–H groups in total. The van der Waals surface area contributed by atoms with Crippen LogP contribution in [-0.2, 0) is 12.0 Å². The first-order chi connectivity index (χ1) is 10.1. The minimum absolute atomic E-state index is 0.502. The zero-order valence-electron chi connectivity index (χ0n) is 11.5. The van der Waals surface area contributed by atoms with Gasteiger partial charge in [-0.05, 0) is 41.4 Å². The Morgan fingerprint density at radius 2 is 1.86 bits per heavy atom. The topological polar surface area (TPSA) is 20.2 Å². The normalized spacial score (nSPS) is 14.0. The largest absolute Gasteiger partial charge is 0.385 e. The molecule has 4 heteroatoms. The Hall–Kier alpha value is -1.13. The summed E-state index contributed by atoms with van der Waals surface area (Å²) in [4.78, 5) is 2.33. The van der Waals surface area contributed by atoms with Gasteiger partial charge in [-0.25, -0.2) is 0 Å². The molecule has 21 heavy (non-hydrogen) atoms. The minimum atomic E-state index is -0.940. The van der Waals surface area contributed by atoms with Gasteiger partial charge in [0.05, 0.1) is 10.5 Å². The Bertz CT molecular complexity index is 729. The summed E-state index contributed by atoms with van der Waals surface area (Å²) in [5, 5.41) is 15.8. The lowest BCUT2D eigenvalue weighted by molar-refractivity contribution is 0.0586. The second kappa shape index (κ2) is 5.93. The van der Waals surface area contributed by atoms with Crippen molar-refractivity contribution in [3.05, 3.63) is 69.4 Å². The van der Waals surface area contributed by atoms with E-state index in [1.165, 1.54) is 4.88 Å². The lowest BCUT2D eigenvalue weighted by Gasteiger charge is -2.24. The van der Waals surface area contributed by atoms with Crippen molar-refractivity contribution in [1.29, 1.82) is 0 Å². The Balaban J connectivity index is 1.96. The van der Waals surface area contributed by atoms with Gasteiger partial charge in [-0.15, -0.1) is 22.7 Å². The van der Waals surface area contributed by atoms with Crippen LogP contribution in [0.25, 0.3) is 9.75 Å². The second-order valence-corrected chi connectivity index (χ2v) is 7.45. The molecule has 2 heterocycles. The quantitative estimate of drug-likeness (QED) is 0.660. The van der Waals surface area contributed by atoms with E-state index in [0.29, 0.717) is 11.4 Å². The molecule has 0 bridgehead atoms. The van der Waals surface area contributed by atoms with E-state index in [1.807, 2.05) is 48.7 Å². The molecule has 0 radical (unpaired) electrons. The molecule has 1 nitrogen and oxygen atoms in total. The lowest BCUT2D eigenvalue weighted by Crippen LogP contribution is -2.24. The van der Waals surface area contributed by atoms with Crippen LogP contribution in [0.5, 0.6) is 0 Å². The fourth-order valence-corrected chi connectivity index (χ4v) is 4.55. The fraction of sp³-hybridized carbons (Fsp3) is 0.176. The van der Waals surface area contributed by atoms with E-state index in [0.717, 1.165) is 16.0 Å². The molecular formula is C17H15ClOS2. The first-order valence-electron chi connectivity index (χ1n) is 6.65. The van der Waals surface area contributed by atoms with Crippen molar-refractivity contribution < 1.29 is 5.11 Å². The van der Waals surface area contributed by atoms with Crippen LogP contribution in [0.4, 0.5) is 0 Å². The minimum Gasteiger partial charge on any atom is -0.385 e. The van der Waals surface area contributed by atoms with E-state index >= 15 is 0 Å². The summed E-state index contributed by atoms with van der Waals surface area (Å²) in [6, 6.07) is 13.8. The van der Waals surface area contributed by atoms with Gasteiger partial charge in [0.2, 0.25) is 0 Å². The predicted molar refractivity (Wildman–Crippen MR) is 92.4 cm³/mol.